The molecule has 1 aromatic carbocycles. The van der Waals surface area contributed by atoms with Crippen molar-refractivity contribution >= 4 is 21.6 Å². The van der Waals surface area contributed by atoms with Crippen LogP contribution in [0.1, 0.15) is 12.8 Å². The van der Waals surface area contributed by atoms with E-state index in [9.17, 15) is 8.42 Å². The lowest BCUT2D eigenvalue weighted by atomic mass is 10.3. The maximum Gasteiger partial charge on any atom is 0.246 e. The molecule has 5 nitrogen and oxygen atoms in total. The molecule has 0 aromatic heterocycles. The molecule has 0 N–H and O–H groups in total. The minimum Gasteiger partial charge on any atom is -0.495 e. The highest BCUT2D eigenvalue weighted by Crippen LogP contribution is 2.37. The molecule has 1 heterocycles. The first-order valence-corrected chi connectivity index (χ1v) is 7.74. The zero-order valence-corrected chi connectivity index (χ0v) is 12.4. The van der Waals surface area contributed by atoms with Crippen molar-refractivity contribution < 1.29 is 17.9 Å². The van der Waals surface area contributed by atoms with Gasteiger partial charge >= 0.3 is 0 Å². The van der Waals surface area contributed by atoms with Gasteiger partial charge in [0.1, 0.15) is 16.4 Å². The molecule has 0 radical (unpaired) electrons. The fourth-order valence-electron chi connectivity index (χ4n) is 2.10. The van der Waals surface area contributed by atoms with Crippen molar-refractivity contribution in [1.82, 2.24) is 4.31 Å². The Bertz CT molecular complexity index is 567. The smallest absolute Gasteiger partial charge is 0.246 e. The summed E-state index contributed by atoms with van der Waals surface area (Å²) in [5.41, 5.74) is 0. The highest BCUT2D eigenvalue weighted by molar-refractivity contribution is 7.89. The number of nitrogens with zero attached hydrogens (tertiary/aromatic N) is 1. The van der Waals surface area contributed by atoms with E-state index in [0.29, 0.717) is 23.9 Å². The molecule has 1 aliphatic heterocycles. The topological polar surface area (TPSA) is 55.8 Å². The highest BCUT2D eigenvalue weighted by Gasteiger charge is 2.31. The molecule has 1 aromatic rings. The quantitative estimate of drug-likeness (QED) is 0.855. The van der Waals surface area contributed by atoms with E-state index in [1.165, 1.54) is 30.7 Å². The van der Waals surface area contributed by atoms with E-state index < -0.39 is 10.0 Å². The first-order valence-electron chi connectivity index (χ1n) is 5.92. The molecule has 0 spiro atoms. The van der Waals surface area contributed by atoms with Gasteiger partial charge in [0.25, 0.3) is 0 Å². The summed E-state index contributed by atoms with van der Waals surface area (Å²) < 4.78 is 36.7. The monoisotopic (exact) mass is 305 g/mol. The molecule has 0 aliphatic carbocycles. The van der Waals surface area contributed by atoms with Gasteiger partial charge in [0.15, 0.2) is 0 Å². The summed E-state index contributed by atoms with van der Waals surface area (Å²) in [6.07, 6.45) is 1.76. The second-order valence-electron chi connectivity index (χ2n) is 4.25. The van der Waals surface area contributed by atoms with Crippen LogP contribution in [0.4, 0.5) is 0 Å². The molecule has 2 rings (SSSR count). The third-order valence-corrected chi connectivity index (χ3v) is 5.34. The molecule has 7 heteroatoms. The van der Waals surface area contributed by atoms with Gasteiger partial charge in [-0.3, -0.25) is 0 Å². The lowest BCUT2D eigenvalue weighted by molar-refractivity contribution is 0.388. The van der Waals surface area contributed by atoms with Crippen LogP contribution in [0.3, 0.4) is 0 Å². The molecular weight excluding hydrogens is 290 g/mol. The van der Waals surface area contributed by atoms with Crippen molar-refractivity contribution in [3.8, 4) is 11.5 Å². The summed E-state index contributed by atoms with van der Waals surface area (Å²) in [6.45, 7) is 1.08. The van der Waals surface area contributed by atoms with Crippen LogP contribution in [-0.2, 0) is 10.0 Å². The minimum atomic E-state index is -3.56. The Kier molecular flexibility index (Phi) is 4.23. The number of hydrogen-bond acceptors (Lipinski definition) is 4. The van der Waals surface area contributed by atoms with Crippen LogP contribution >= 0.6 is 11.6 Å². The fourth-order valence-corrected chi connectivity index (χ4v) is 4.00. The number of hydrogen-bond donors (Lipinski definition) is 0. The summed E-state index contributed by atoms with van der Waals surface area (Å²) in [5, 5.41) is 0.319. The van der Waals surface area contributed by atoms with Crippen molar-refractivity contribution in [3.63, 3.8) is 0 Å². The second-order valence-corrected chi connectivity index (χ2v) is 6.56. The lowest BCUT2D eigenvalue weighted by Crippen LogP contribution is -2.28. The van der Waals surface area contributed by atoms with Crippen molar-refractivity contribution in [2.45, 2.75) is 17.7 Å². The van der Waals surface area contributed by atoms with Crippen LogP contribution < -0.4 is 9.47 Å². The molecule has 1 saturated heterocycles. The molecule has 1 fully saturated rings. The summed E-state index contributed by atoms with van der Waals surface area (Å²) in [7, 11) is -0.699. The molecular formula is C12H16ClNO4S. The Morgan fingerprint density at radius 2 is 1.68 bits per heavy atom. The third-order valence-electron chi connectivity index (χ3n) is 3.12. The molecule has 19 heavy (non-hydrogen) atoms. The number of halogens is 1. The van der Waals surface area contributed by atoms with E-state index in [1.807, 2.05) is 0 Å². The Balaban J connectivity index is 2.53. The Morgan fingerprint density at radius 1 is 1.11 bits per heavy atom. The van der Waals surface area contributed by atoms with E-state index in [4.69, 9.17) is 21.1 Å². The summed E-state index contributed by atoms with van der Waals surface area (Å²) in [5.74, 6) is 0.554. The predicted molar refractivity (Wildman–Crippen MR) is 72.5 cm³/mol. The van der Waals surface area contributed by atoms with Crippen LogP contribution in [0.5, 0.6) is 11.5 Å². The summed E-state index contributed by atoms with van der Waals surface area (Å²) >= 11 is 5.98. The molecule has 1 aliphatic rings. The minimum absolute atomic E-state index is 0.0955. The number of benzene rings is 1. The third kappa shape index (κ3) is 2.66. The maximum atomic E-state index is 12.5. The van der Waals surface area contributed by atoms with Crippen molar-refractivity contribution in [2.75, 3.05) is 27.3 Å². The molecule has 0 bridgehead atoms. The van der Waals surface area contributed by atoms with Gasteiger partial charge in [-0.1, -0.05) is 11.6 Å². The summed E-state index contributed by atoms with van der Waals surface area (Å²) in [6, 6.07) is 2.87. The van der Waals surface area contributed by atoms with Crippen LogP contribution in [0.25, 0.3) is 0 Å². The van der Waals surface area contributed by atoms with E-state index in [0.717, 1.165) is 12.8 Å². The standard InChI is InChI=1S/C12H16ClNO4S/c1-17-10-8-12(11(18-2)7-9(10)13)19(15,16)14-5-3-4-6-14/h7-8H,3-6H2,1-2H3. The van der Waals surface area contributed by atoms with Gasteiger partial charge in [-0.05, 0) is 12.8 Å². The number of rotatable bonds is 4. The largest absolute Gasteiger partial charge is 0.495 e. The average molecular weight is 306 g/mol. The first-order chi connectivity index (χ1) is 9.00. The Morgan fingerprint density at radius 3 is 2.21 bits per heavy atom. The van der Waals surface area contributed by atoms with Gasteiger partial charge in [-0.2, -0.15) is 4.31 Å². The number of ether oxygens (including phenoxy) is 2. The van der Waals surface area contributed by atoms with Gasteiger partial charge in [0, 0.05) is 25.2 Å². The Labute approximate surface area is 118 Å². The van der Waals surface area contributed by atoms with Crippen LogP contribution in [0, 0.1) is 0 Å². The average Bonchev–Trinajstić information content (AvgIpc) is 2.92. The van der Waals surface area contributed by atoms with Crippen LogP contribution in [0.2, 0.25) is 5.02 Å². The van der Waals surface area contributed by atoms with Crippen molar-refractivity contribution in [1.29, 1.82) is 0 Å². The molecule has 0 atom stereocenters. The lowest BCUT2D eigenvalue weighted by Gasteiger charge is -2.18. The van der Waals surface area contributed by atoms with E-state index in [2.05, 4.69) is 0 Å². The zero-order chi connectivity index (χ0) is 14.0. The van der Waals surface area contributed by atoms with Gasteiger partial charge < -0.3 is 9.47 Å². The van der Waals surface area contributed by atoms with Crippen molar-refractivity contribution in [3.05, 3.63) is 17.2 Å². The van der Waals surface area contributed by atoms with E-state index >= 15 is 0 Å². The molecule has 0 unspecified atom stereocenters. The first kappa shape index (κ1) is 14.4. The summed E-state index contributed by atoms with van der Waals surface area (Å²) in [4.78, 5) is 0.0955. The van der Waals surface area contributed by atoms with Crippen LogP contribution in [0.15, 0.2) is 17.0 Å². The molecule has 106 valence electrons. The fraction of sp³-hybridized carbons (Fsp3) is 0.500. The van der Waals surface area contributed by atoms with Gasteiger partial charge in [-0.25, -0.2) is 8.42 Å². The number of methoxy groups -OCH3 is 2. The van der Waals surface area contributed by atoms with Crippen molar-refractivity contribution in [2.24, 2.45) is 0 Å². The molecule has 0 saturated carbocycles. The van der Waals surface area contributed by atoms with E-state index in [-0.39, 0.29) is 10.6 Å². The van der Waals surface area contributed by atoms with Gasteiger partial charge in [0.05, 0.1) is 19.2 Å². The van der Waals surface area contributed by atoms with Crippen LogP contribution in [-0.4, -0.2) is 40.0 Å². The van der Waals surface area contributed by atoms with Gasteiger partial charge in [-0.15, -0.1) is 0 Å². The highest BCUT2D eigenvalue weighted by atomic mass is 35.5. The Hall–Kier alpha value is -0.980. The number of sulfonamides is 1. The molecule has 0 amide bonds. The maximum absolute atomic E-state index is 12.5. The normalized spacial score (nSPS) is 16.6. The predicted octanol–water partition coefficient (Wildman–Crippen LogP) is 2.14. The van der Waals surface area contributed by atoms with Gasteiger partial charge in [0.2, 0.25) is 10.0 Å². The van der Waals surface area contributed by atoms with E-state index in [1.54, 1.807) is 0 Å². The zero-order valence-electron chi connectivity index (χ0n) is 10.8. The SMILES string of the molecule is COc1cc(S(=O)(=O)N2CCCC2)c(OC)cc1Cl. The second kappa shape index (κ2) is 5.56.